The highest BCUT2D eigenvalue weighted by Crippen LogP contribution is 2.22. The van der Waals surface area contributed by atoms with Crippen molar-refractivity contribution in [2.24, 2.45) is 0 Å². The van der Waals surface area contributed by atoms with Crippen molar-refractivity contribution >= 4 is 10.8 Å². The number of aromatic nitrogens is 1. The first-order valence-corrected chi connectivity index (χ1v) is 4.83. The summed E-state index contributed by atoms with van der Waals surface area (Å²) in [4.78, 5) is 4.16. The predicted octanol–water partition coefficient (Wildman–Crippen LogP) is 2.52. The highest BCUT2D eigenvalue weighted by atomic mass is 14.9. The number of hydrogen-bond donors (Lipinski definition) is 1. The molecule has 0 bridgehead atoms. The third-order valence-corrected chi connectivity index (χ3v) is 2.62. The molecule has 14 heavy (non-hydrogen) atoms. The largest absolute Gasteiger partial charge is 0.313 e. The Morgan fingerprint density at radius 2 is 2.14 bits per heavy atom. The fourth-order valence-corrected chi connectivity index (χ4v) is 1.67. The van der Waals surface area contributed by atoms with Crippen molar-refractivity contribution in [3.63, 3.8) is 0 Å². The van der Waals surface area contributed by atoms with Crippen molar-refractivity contribution in [2.45, 2.75) is 13.0 Å². The summed E-state index contributed by atoms with van der Waals surface area (Å²) in [7, 11) is 1.97. The Labute approximate surface area is 84.0 Å². The number of hydrogen-bond acceptors (Lipinski definition) is 2. The monoisotopic (exact) mass is 186 g/mol. The Morgan fingerprint density at radius 3 is 2.93 bits per heavy atom. The van der Waals surface area contributed by atoms with E-state index < -0.39 is 0 Å². The Bertz CT molecular complexity index is 432. The fourth-order valence-electron chi connectivity index (χ4n) is 1.67. The van der Waals surface area contributed by atoms with Crippen molar-refractivity contribution in [1.29, 1.82) is 0 Å². The first-order chi connectivity index (χ1) is 6.83. The quantitative estimate of drug-likeness (QED) is 0.779. The molecule has 2 aromatic rings. The minimum Gasteiger partial charge on any atom is -0.313 e. The summed E-state index contributed by atoms with van der Waals surface area (Å²) in [6, 6.07) is 8.75. The second-order valence-electron chi connectivity index (χ2n) is 3.45. The summed E-state index contributed by atoms with van der Waals surface area (Å²) in [6.07, 6.45) is 3.76. The molecule has 1 unspecified atom stereocenters. The van der Waals surface area contributed by atoms with Gasteiger partial charge in [0.15, 0.2) is 0 Å². The molecule has 2 nitrogen and oxygen atoms in total. The molecule has 0 aliphatic carbocycles. The van der Waals surface area contributed by atoms with Gasteiger partial charge in [-0.2, -0.15) is 0 Å². The minimum atomic E-state index is 0.364. The lowest BCUT2D eigenvalue weighted by Gasteiger charge is -2.12. The molecule has 0 saturated heterocycles. The summed E-state index contributed by atoms with van der Waals surface area (Å²) in [5.41, 5.74) is 1.30. The molecule has 1 aromatic heterocycles. The number of fused-ring (bicyclic) bond motifs is 1. The van der Waals surface area contributed by atoms with E-state index in [4.69, 9.17) is 0 Å². The Balaban J connectivity index is 2.65. The van der Waals surface area contributed by atoms with Crippen LogP contribution in [-0.4, -0.2) is 12.0 Å². The van der Waals surface area contributed by atoms with Gasteiger partial charge in [0.05, 0.1) is 0 Å². The van der Waals surface area contributed by atoms with E-state index >= 15 is 0 Å². The standard InChI is InChI=1S/C12H14N2/c1-9(13-2)11-5-3-4-10-6-7-14-8-12(10)11/h3-9,13H,1-2H3. The van der Waals surface area contributed by atoms with E-state index in [9.17, 15) is 0 Å². The average molecular weight is 186 g/mol. The average Bonchev–Trinajstić information content (AvgIpc) is 2.27. The third kappa shape index (κ3) is 1.49. The zero-order valence-electron chi connectivity index (χ0n) is 8.49. The van der Waals surface area contributed by atoms with Crippen LogP contribution in [0.15, 0.2) is 36.7 Å². The van der Waals surface area contributed by atoms with E-state index in [1.54, 1.807) is 0 Å². The number of nitrogens with one attached hydrogen (secondary N) is 1. The zero-order chi connectivity index (χ0) is 9.97. The minimum absolute atomic E-state index is 0.364. The maximum Gasteiger partial charge on any atom is 0.0349 e. The van der Waals surface area contributed by atoms with Gasteiger partial charge in [-0.25, -0.2) is 0 Å². The van der Waals surface area contributed by atoms with E-state index in [0.29, 0.717) is 6.04 Å². The van der Waals surface area contributed by atoms with Gasteiger partial charge in [-0.3, -0.25) is 4.98 Å². The fraction of sp³-hybridized carbons (Fsp3) is 0.250. The van der Waals surface area contributed by atoms with Crippen molar-refractivity contribution in [1.82, 2.24) is 10.3 Å². The molecule has 0 aliphatic rings. The van der Waals surface area contributed by atoms with Crippen LogP contribution >= 0.6 is 0 Å². The van der Waals surface area contributed by atoms with Gasteiger partial charge in [0.2, 0.25) is 0 Å². The second-order valence-corrected chi connectivity index (χ2v) is 3.45. The molecule has 0 aliphatic heterocycles. The highest BCUT2D eigenvalue weighted by Gasteiger charge is 2.06. The second kappa shape index (κ2) is 3.76. The molecule has 2 heteroatoms. The van der Waals surface area contributed by atoms with Crippen molar-refractivity contribution in [3.05, 3.63) is 42.2 Å². The Hall–Kier alpha value is -1.41. The van der Waals surface area contributed by atoms with Crippen molar-refractivity contribution < 1.29 is 0 Å². The molecule has 0 saturated carbocycles. The number of rotatable bonds is 2. The lowest BCUT2D eigenvalue weighted by molar-refractivity contribution is 0.657. The van der Waals surface area contributed by atoms with Gasteiger partial charge in [-0.15, -0.1) is 0 Å². The molecule has 1 atom stereocenters. The van der Waals surface area contributed by atoms with Crippen LogP contribution in [0.25, 0.3) is 10.8 Å². The molecular weight excluding hydrogens is 172 g/mol. The SMILES string of the molecule is CNC(C)c1cccc2ccncc12. The van der Waals surface area contributed by atoms with E-state index in [-0.39, 0.29) is 0 Å². The first-order valence-electron chi connectivity index (χ1n) is 4.83. The van der Waals surface area contributed by atoms with Crippen molar-refractivity contribution in [3.8, 4) is 0 Å². The molecule has 1 aromatic carbocycles. The van der Waals surface area contributed by atoms with E-state index in [2.05, 4.69) is 35.4 Å². The lowest BCUT2D eigenvalue weighted by atomic mass is 10.0. The summed E-state index contributed by atoms with van der Waals surface area (Å²) in [5, 5.41) is 5.73. The third-order valence-electron chi connectivity index (χ3n) is 2.62. The molecule has 0 radical (unpaired) electrons. The van der Waals surface area contributed by atoms with Crippen LogP contribution in [0.3, 0.4) is 0 Å². The summed E-state index contributed by atoms with van der Waals surface area (Å²) >= 11 is 0. The van der Waals surface area contributed by atoms with Gasteiger partial charge < -0.3 is 5.32 Å². The molecule has 72 valence electrons. The van der Waals surface area contributed by atoms with E-state index in [1.165, 1.54) is 16.3 Å². The van der Waals surface area contributed by atoms with Crippen LogP contribution in [0.2, 0.25) is 0 Å². The van der Waals surface area contributed by atoms with Crippen LogP contribution in [0.4, 0.5) is 0 Å². The van der Waals surface area contributed by atoms with Gasteiger partial charge in [0.1, 0.15) is 0 Å². The number of pyridine rings is 1. The first kappa shape index (κ1) is 9.16. The molecular formula is C12H14N2. The van der Waals surface area contributed by atoms with Crippen LogP contribution < -0.4 is 5.32 Å². The summed E-state index contributed by atoms with van der Waals surface area (Å²) in [6.45, 7) is 2.15. The normalized spacial score (nSPS) is 13.0. The van der Waals surface area contributed by atoms with Gasteiger partial charge in [-0.1, -0.05) is 18.2 Å². The van der Waals surface area contributed by atoms with Crippen LogP contribution in [0.5, 0.6) is 0 Å². The molecule has 0 amide bonds. The van der Waals surface area contributed by atoms with E-state index in [0.717, 1.165) is 0 Å². The van der Waals surface area contributed by atoms with Crippen LogP contribution in [0, 0.1) is 0 Å². The molecule has 1 N–H and O–H groups in total. The van der Waals surface area contributed by atoms with Gasteiger partial charge >= 0.3 is 0 Å². The molecule has 2 rings (SSSR count). The topological polar surface area (TPSA) is 24.9 Å². The van der Waals surface area contributed by atoms with Crippen LogP contribution in [-0.2, 0) is 0 Å². The number of nitrogens with zero attached hydrogens (tertiary/aromatic N) is 1. The zero-order valence-corrected chi connectivity index (χ0v) is 8.49. The van der Waals surface area contributed by atoms with Gasteiger partial charge in [0, 0.05) is 23.8 Å². The van der Waals surface area contributed by atoms with Crippen LogP contribution in [0.1, 0.15) is 18.5 Å². The molecule has 0 fully saturated rings. The highest BCUT2D eigenvalue weighted by molar-refractivity contribution is 5.85. The lowest BCUT2D eigenvalue weighted by Crippen LogP contribution is -2.12. The Kier molecular flexibility index (Phi) is 2.46. The van der Waals surface area contributed by atoms with Crippen molar-refractivity contribution in [2.75, 3.05) is 7.05 Å². The Morgan fingerprint density at radius 1 is 1.29 bits per heavy atom. The maximum absolute atomic E-state index is 4.16. The summed E-state index contributed by atoms with van der Waals surface area (Å²) in [5.74, 6) is 0. The molecule has 1 heterocycles. The summed E-state index contributed by atoms with van der Waals surface area (Å²) < 4.78 is 0. The van der Waals surface area contributed by atoms with Gasteiger partial charge in [0.25, 0.3) is 0 Å². The van der Waals surface area contributed by atoms with Gasteiger partial charge in [-0.05, 0) is 31.0 Å². The van der Waals surface area contributed by atoms with E-state index in [1.807, 2.05) is 25.5 Å². The molecule has 0 spiro atoms. The predicted molar refractivity (Wildman–Crippen MR) is 59.2 cm³/mol. The number of benzene rings is 1. The smallest absolute Gasteiger partial charge is 0.0349 e. The maximum atomic E-state index is 4.16.